The van der Waals surface area contributed by atoms with E-state index in [2.05, 4.69) is 158 Å². The zero-order valence-electron chi connectivity index (χ0n) is 56.7. The molecule has 2 atom stereocenters. The molecule has 0 saturated carbocycles. The van der Waals surface area contributed by atoms with E-state index in [1.54, 1.807) is 12.1 Å². The zero-order valence-corrected chi connectivity index (χ0v) is 59.8. The molecular weight excluding hydrogens is 1340 g/mol. The van der Waals surface area contributed by atoms with Gasteiger partial charge in [-0.05, 0) is 185 Å². The molecule has 15 rings (SSSR count). The van der Waals surface area contributed by atoms with Crippen LogP contribution in [0.4, 0.5) is 31.5 Å². The summed E-state index contributed by atoms with van der Waals surface area (Å²) in [5.74, 6) is -1.24. The van der Waals surface area contributed by atoms with Crippen molar-refractivity contribution in [3.05, 3.63) is 221 Å². The molecule has 0 aliphatic carbocycles. The van der Waals surface area contributed by atoms with Crippen molar-refractivity contribution in [3.8, 4) is 12.1 Å². The van der Waals surface area contributed by atoms with Crippen LogP contribution in [0.3, 0.4) is 0 Å². The van der Waals surface area contributed by atoms with Crippen molar-refractivity contribution in [3.63, 3.8) is 0 Å². The number of likely N-dealkylation sites (tertiary alicyclic amines) is 2. The Morgan fingerprint density at radius 3 is 1.48 bits per heavy atom. The van der Waals surface area contributed by atoms with Crippen LogP contribution in [0.1, 0.15) is 158 Å². The van der Waals surface area contributed by atoms with Crippen LogP contribution in [0.15, 0.2) is 122 Å². The Morgan fingerprint density at radius 2 is 1.04 bits per heavy atom. The van der Waals surface area contributed by atoms with E-state index in [0.29, 0.717) is 90.7 Å². The number of pyridine rings is 2. The number of halogens is 6. The van der Waals surface area contributed by atoms with Crippen molar-refractivity contribution in [1.29, 1.82) is 10.5 Å². The average Bonchev–Trinajstić information content (AvgIpc) is 1.34. The summed E-state index contributed by atoms with van der Waals surface area (Å²) in [6, 6.07) is 35.3. The molecule has 514 valence electrons. The quantitative estimate of drug-likeness (QED) is 0.0878. The fourth-order valence-corrected chi connectivity index (χ4v) is 15.9. The van der Waals surface area contributed by atoms with Gasteiger partial charge in [0.2, 0.25) is 0 Å². The molecule has 5 aliphatic heterocycles. The molecule has 0 unspecified atom stereocenters. The van der Waals surface area contributed by atoms with E-state index in [1.165, 1.54) is 70.0 Å². The molecule has 0 bridgehead atoms. The van der Waals surface area contributed by atoms with Gasteiger partial charge in [-0.3, -0.25) is 24.7 Å². The number of piperidine rings is 2. The highest BCUT2D eigenvalue weighted by molar-refractivity contribution is 6.36. The minimum Gasteiger partial charge on any atom is -0.378 e. The number of fused-ring (bicyclic) bond motifs is 4. The average molecular weight is 1420 g/mol. The van der Waals surface area contributed by atoms with Gasteiger partial charge in [-0.2, -0.15) is 10.5 Å². The highest BCUT2D eigenvalue weighted by atomic mass is 35.5. The summed E-state index contributed by atoms with van der Waals surface area (Å²) in [6.07, 6.45) is 12.6. The summed E-state index contributed by atoms with van der Waals surface area (Å²) >= 11 is 26.1. The Morgan fingerprint density at radius 1 is 0.570 bits per heavy atom. The van der Waals surface area contributed by atoms with Crippen LogP contribution in [0.25, 0.3) is 21.8 Å². The highest BCUT2D eigenvalue weighted by Crippen LogP contribution is 2.43. The van der Waals surface area contributed by atoms with E-state index < -0.39 is 11.6 Å². The van der Waals surface area contributed by atoms with E-state index in [1.807, 2.05) is 24.3 Å². The predicted molar refractivity (Wildman–Crippen MR) is 390 cm³/mol. The molecule has 0 spiro atoms. The smallest absolute Gasteiger partial charge is 0.141 e. The van der Waals surface area contributed by atoms with E-state index in [-0.39, 0.29) is 39.0 Å². The van der Waals surface area contributed by atoms with Gasteiger partial charge in [0.25, 0.3) is 0 Å². The molecule has 0 amide bonds. The Hall–Kier alpha value is -8.18. The minimum absolute atomic E-state index is 0.0175. The molecule has 17 nitrogen and oxygen atoms in total. The van der Waals surface area contributed by atoms with Crippen LogP contribution >= 0.6 is 46.4 Å². The fourth-order valence-electron chi connectivity index (χ4n) is 15.0. The monoisotopic (exact) mass is 1420 g/mol. The Bertz CT molecular complexity index is 4820. The van der Waals surface area contributed by atoms with Crippen LogP contribution in [-0.4, -0.2) is 111 Å². The largest absolute Gasteiger partial charge is 0.378 e. The standard InChI is InChI=1S/C40H41Cl2FN8O.C37H37Cl2FN8/c1-40(2,3)50-11-9-28(10-12-50)51-21-37(47-48-51)31(30-6-4-5-25-19-49(20-33(25)30)29-22-52-23-29)13-24-14-32-38(46-27-7-8-36(43)34(41)16-27)26(17-44)18-45-39(32)35(42)15-24;1-37(2,3)47-11-9-26(10-12-47)48-21-34(45-46-48)28(27-6-4-5-23-18-42-20-30(23)27)13-22-14-29-35(44-25-7-8-33(40)31(38)16-25)24(17-41)19-43-36(29)32(39)15-22/h4-8,14-16,18,21,28-29,31H,9-13,19-20,22-23H2,1-3H3,(H,45,46);4-8,14-16,19,21,26,28,42H,9-13,18,20H2,1-3H3,(H,43,44)/t31-;28-/m00/s1. The van der Waals surface area contributed by atoms with Gasteiger partial charge >= 0.3 is 0 Å². The molecule has 3 saturated heterocycles. The van der Waals surface area contributed by atoms with Crippen LogP contribution < -0.4 is 16.0 Å². The maximum atomic E-state index is 14.0. The highest BCUT2D eigenvalue weighted by Gasteiger charge is 2.36. The molecule has 5 aliphatic rings. The number of nitrogens with zero attached hydrogens (tertiary/aromatic N) is 13. The number of nitriles is 2. The summed E-state index contributed by atoms with van der Waals surface area (Å²) in [5.41, 5.74) is 15.7. The van der Waals surface area contributed by atoms with Gasteiger partial charge in [-0.1, -0.05) is 93.2 Å². The van der Waals surface area contributed by atoms with Gasteiger partial charge in [0.1, 0.15) is 23.8 Å². The molecule has 10 aromatic rings. The number of ether oxygens (including phenoxy) is 1. The van der Waals surface area contributed by atoms with E-state index in [9.17, 15) is 19.3 Å². The molecular formula is C77H78Cl4F2N16O. The lowest BCUT2D eigenvalue weighted by Gasteiger charge is -2.40. The third kappa shape index (κ3) is 14.4. The van der Waals surface area contributed by atoms with Gasteiger partial charge < -0.3 is 20.7 Å². The number of hydrogen-bond acceptors (Lipinski definition) is 15. The van der Waals surface area contributed by atoms with Crippen molar-refractivity contribution in [2.24, 2.45) is 0 Å². The third-order valence-corrected chi connectivity index (χ3v) is 21.8. The second-order valence-electron chi connectivity index (χ2n) is 29.0. The number of aromatic nitrogens is 8. The normalized spacial score (nSPS) is 17.1. The first-order chi connectivity index (χ1) is 48.1. The first kappa shape index (κ1) is 68.9. The number of rotatable bonds is 15. The van der Waals surface area contributed by atoms with Gasteiger partial charge in [-0.25, -0.2) is 18.1 Å². The first-order valence-electron chi connectivity index (χ1n) is 34.2. The SMILES string of the molecule is CC(C)(C)N1CCC(n2cc([C@@H](Cc3cc(Cl)c4ncc(C#N)c(Nc5ccc(F)c(Cl)c5)c4c3)c3cccc4c3CN(C3COC3)C4)nn2)CC1.CC(C)(C)N1CCC(n2cc([C@@H](Cc3cc(Cl)c4ncc(C#N)c(Nc5ccc(F)c(Cl)c5)c4c3)c3cccc4c3CNC4)nn2)CC1. The van der Waals surface area contributed by atoms with Crippen LogP contribution in [0, 0.1) is 34.3 Å². The predicted octanol–water partition coefficient (Wildman–Crippen LogP) is 16.7. The van der Waals surface area contributed by atoms with E-state index in [0.717, 1.165) is 114 Å². The molecule has 4 aromatic heterocycles. The molecule has 0 radical (unpaired) electrons. The molecule has 100 heavy (non-hydrogen) atoms. The zero-order chi connectivity index (χ0) is 69.7. The minimum atomic E-state index is -0.521. The van der Waals surface area contributed by atoms with Crippen LogP contribution in [-0.2, 0) is 43.8 Å². The van der Waals surface area contributed by atoms with Crippen molar-refractivity contribution in [2.75, 3.05) is 50.0 Å². The first-order valence-corrected chi connectivity index (χ1v) is 35.7. The molecule has 9 heterocycles. The topological polar surface area (TPSA) is 190 Å². The van der Waals surface area contributed by atoms with E-state index >= 15 is 0 Å². The van der Waals surface area contributed by atoms with Gasteiger partial charge in [-0.15, -0.1) is 10.2 Å². The maximum Gasteiger partial charge on any atom is 0.141 e. The fraction of sp³-hybridized carbons (Fsp3) is 0.377. The summed E-state index contributed by atoms with van der Waals surface area (Å²) in [4.78, 5) is 16.7. The molecule has 3 fully saturated rings. The lowest BCUT2D eigenvalue weighted by atomic mass is 9.85. The second kappa shape index (κ2) is 28.7. The lowest BCUT2D eigenvalue weighted by Crippen LogP contribution is -2.46. The Balaban J connectivity index is 0.000000171. The van der Waals surface area contributed by atoms with Crippen molar-refractivity contribution >= 4 is 91.0 Å². The van der Waals surface area contributed by atoms with Gasteiger partial charge in [0.15, 0.2) is 0 Å². The van der Waals surface area contributed by atoms with Gasteiger partial charge in [0.05, 0.1) is 96.4 Å². The second-order valence-corrected chi connectivity index (χ2v) is 30.6. The number of anilines is 4. The Labute approximate surface area is 601 Å². The third-order valence-electron chi connectivity index (χ3n) is 20.7. The summed E-state index contributed by atoms with van der Waals surface area (Å²) in [5, 5.41) is 51.6. The van der Waals surface area contributed by atoms with Gasteiger partial charge in [0, 0.05) is 122 Å². The number of nitrogens with one attached hydrogen (secondary N) is 3. The van der Waals surface area contributed by atoms with Crippen molar-refractivity contribution < 1.29 is 13.5 Å². The lowest BCUT2D eigenvalue weighted by molar-refractivity contribution is -0.0670. The van der Waals surface area contributed by atoms with Crippen LogP contribution in [0.2, 0.25) is 20.1 Å². The van der Waals surface area contributed by atoms with Crippen LogP contribution in [0.5, 0.6) is 0 Å². The molecule has 6 aromatic carbocycles. The van der Waals surface area contributed by atoms with Crippen molar-refractivity contribution in [2.45, 2.75) is 147 Å². The number of benzene rings is 6. The summed E-state index contributed by atoms with van der Waals surface area (Å²) in [7, 11) is 0. The molecule has 3 N–H and O–H groups in total. The Kier molecular flexibility index (Phi) is 19.8. The summed E-state index contributed by atoms with van der Waals surface area (Å²) < 4.78 is 37.6. The summed E-state index contributed by atoms with van der Waals surface area (Å²) in [6.45, 7) is 22.7. The number of hydrogen-bond donors (Lipinski definition) is 3. The maximum absolute atomic E-state index is 14.0. The molecule has 23 heteroatoms. The van der Waals surface area contributed by atoms with E-state index in [4.69, 9.17) is 66.6 Å². The van der Waals surface area contributed by atoms with Crippen molar-refractivity contribution in [1.82, 2.24) is 60.0 Å².